The first kappa shape index (κ1) is 16.5. The molecule has 0 aliphatic carbocycles. The SMILES string of the molecule is C=CCN(CC=C)CC=C.CC(O)CO. The molecule has 0 aromatic heterocycles. The monoisotopic (exact) mass is 213 g/mol. The lowest BCUT2D eigenvalue weighted by molar-refractivity contribution is 0.110. The van der Waals surface area contributed by atoms with E-state index in [-0.39, 0.29) is 6.61 Å². The largest absolute Gasteiger partial charge is 0.394 e. The van der Waals surface area contributed by atoms with E-state index in [1.165, 1.54) is 6.92 Å². The Morgan fingerprint density at radius 3 is 1.47 bits per heavy atom. The van der Waals surface area contributed by atoms with Crippen molar-refractivity contribution in [1.82, 2.24) is 4.90 Å². The second-order valence-electron chi connectivity index (χ2n) is 3.12. The van der Waals surface area contributed by atoms with E-state index in [1.54, 1.807) is 0 Å². The molecule has 0 aliphatic rings. The lowest BCUT2D eigenvalue weighted by atomic mass is 10.4. The Bertz CT molecular complexity index is 143. The highest BCUT2D eigenvalue weighted by Gasteiger charge is 1.94. The van der Waals surface area contributed by atoms with E-state index in [4.69, 9.17) is 10.2 Å². The highest BCUT2D eigenvalue weighted by Crippen LogP contribution is 1.88. The summed E-state index contributed by atoms with van der Waals surface area (Å²) in [6.45, 7) is 15.1. The van der Waals surface area contributed by atoms with Gasteiger partial charge in [0.05, 0.1) is 12.7 Å². The third-order valence-corrected chi connectivity index (χ3v) is 1.43. The average Bonchev–Trinajstić information content (AvgIpc) is 2.20. The van der Waals surface area contributed by atoms with E-state index >= 15 is 0 Å². The summed E-state index contributed by atoms with van der Waals surface area (Å²) < 4.78 is 0. The second kappa shape index (κ2) is 13.1. The zero-order valence-electron chi connectivity index (χ0n) is 9.60. The summed E-state index contributed by atoms with van der Waals surface area (Å²) in [5.74, 6) is 0. The van der Waals surface area contributed by atoms with Gasteiger partial charge in [0.2, 0.25) is 0 Å². The average molecular weight is 213 g/mol. The van der Waals surface area contributed by atoms with Gasteiger partial charge >= 0.3 is 0 Å². The van der Waals surface area contributed by atoms with Gasteiger partial charge in [0.25, 0.3) is 0 Å². The standard InChI is InChI=1S/C9H15N.C3H8O2/c1-4-7-10(8-5-2)9-6-3;1-3(5)2-4/h4-6H,1-3,7-9H2;3-5H,2H2,1H3. The third kappa shape index (κ3) is 15.8. The highest BCUT2D eigenvalue weighted by atomic mass is 16.3. The van der Waals surface area contributed by atoms with Gasteiger partial charge in [-0.25, -0.2) is 0 Å². The summed E-state index contributed by atoms with van der Waals surface area (Å²) in [6.07, 6.45) is 5.09. The van der Waals surface area contributed by atoms with Crippen molar-refractivity contribution >= 4 is 0 Å². The van der Waals surface area contributed by atoms with Gasteiger partial charge in [-0.1, -0.05) is 18.2 Å². The van der Waals surface area contributed by atoms with Gasteiger partial charge < -0.3 is 10.2 Å². The fraction of sp³-hybridized carbons (Fsp3) is 0.500. The topological polar surface area (TPSA) is 43.7 Å². The normalized spacial score (nSPS) is 11.2. The van der Waals surface area contributed by atoms with Crippen molar-refractivity contribution < 1.29 is 10.2 Å². The molecule has 0 spiro atoms. The van der Waals surface area contributed by atoms with Gasteiger partial charge in [-0.3, -0.25) is 4.90 Å². The summed E-state index contributed by atoms with van der Waals surface area (Å²) in [7, 11) is 0. The van der Waals surface area contributed by atoms with Gasteiger partial charge in [0.15, 0.2) is 0 Å². The first-order valence-corrected chi connectivity index (χ1v) is 4.96. The van der Waals surface area contributed by atoms with Crippen molar-refractivity contribution in [2.24, 2.45) is 0 Å². The van der Waals surface area contributed by atoms with Crippen molar-refractivity contribution in [2.75, 3.05) is 26.2 Å². The summed E-state index contributed by atoms with van der Waals surface area (Å²) in [5, 5.41) is 16.0. The van der Waals surface area contributed by atoms with Crippen LogP contribution in [-0.4, -0.2) is 47.5 Å². The van der Waals surface area contributed by atoms with E-state index in [1.807, 2.05) is 18.2 Å². The molecule has 0 bridgehead atoms. The summed E-state index contributed by atoms with van der Waals surface area (Å²) in [4.78, 5) is 2.19. The molecule has 3 heteroatoms. The fourth-order valence-corrected chi connectivity index (χ4v) is 0.771. The number of hydrogen-bond donors (Lipinski definition) is 2. The van der Waals surface area contributed by atoms with Crippen molar-refractivity contribution in [1.29, 1.82) is 0 Å². The van der Waals surface area contributed by atoms with Gasteiger partial charge in [0, 0.05) is 19.6 Å². The molecule has 2 N–H and O–H groups in total. The van der Waals surface area contributed by atoms with Crippen molar-refractivity contribution in [3.63, 3.8) is 0 Å². The van der Waals surface area contributed by atoms with Crippen molar-refractivity contribution in [3.8, 4) is 0 Å². The number of aliphatic hydroxyl groups excluding tert-OH is 2. The van der Waals surface area contributed by atoms with E-state index in [0.717, 1.165) is 19.6 Å². The molecule has 0 rings (SSSR count). The number of rotatable bonds is 7. The van der Waals surface area contributed by atoms with Crippen LogP contribution in [0.15, 0.2) is 38.0 Å². The van der Waals surface area contributed by atoms with Crippen LogP contribution in [0.3, 0.4) is 0 Å². The second-order valence-corrected chi connectivity index (χ2v) is 3.12. The first-order valence-electron chi connectivity index (χ1n) is 4.96. The van der Waals surface area contributed by atoms with Crippen LogP contribution in [0.5, 0.6) is 0 Å². The van der Waals surface area contributed by atoms with Crippen molar-refractivity contribution in [3.05, 3.63) is 38.0 Å². The van der Waals surface area contributed by atoms with Gasteiger partial charge in [-0.2, -0.15) is 0 Å². The minimum Gasteiger partial charge on any atom is -0.394 e. The number of aliphatic hydroxyl groups is 2. The van der Waals surface area contributed by atoms with Crippen LogP contribution in [-0.2, 0) is 0 Å². The molecule has 0 saturated heterocycles. The molecule has 0 aromatic rings. The van der Waals surface area contributed by atoms with Crippen LogP contribution in [0.2, 0.25) is 0 Å². The van der Waals surface area contributed by atoms with Gasteiger partial charge in [0.1, 0.15) is 0 Å². The van der Waals surface area contributed by atoms with Crippen molar-refractivity contribution in [2.45, 2.75) is 13.0 Å². The summed E-state index contributed by atoms with van der Waals surface area (Å²) in [5.41, 5.74) is 0. The molecule has 0 aromatic carbocycles. The van der Waals surface area contributed by atoms with Gasteiger partial charge in [-0.15, -0.1) is 19.7 Å². The summed E-state index contributed by atoms with van der Waals surface area (Å²) in [6, 6.07) is 0. The third-order valence-electron chi connectivity index (χ3n) is 1.43. The highest BCUT2D eigenvalue weighted by molar-refractivity contribution is 4.83. The van der Waals surface area contributed by atoms with Crippen LogP contribution < -0.4 is 0 Å². The Labute approximate surface area is 93.0 Å². The van der Waals surface area contributed by atoms with Crippen LogP contribution in [0, 0.1) is 0 Å². The summed E-state index contributed by atoms with van der Waals surface area (Å²) >= 11 is 0. The quantitative estimate of drug-likeness (QED) is 0.625. The van der Waals surface area contributed by atoms with Crippen LogP contribution in [0.1, 0.15) is 6.92 Å². The first-order chi connectivity index (χ1) is 7.12. The lowest BCUT2D eigenvalue weighted by Gasteiger charge is -2.15. The Morgan fingerprint density at radius 2 is 1.33 bits per heavy atom. The maximum Gasteiger partial charge on any atom is 0.0742 e. The molecular formula is C12H23NO2. The Balaban J connectivity index is 0. The molecule has 0 amide bonds. The molecule has 0 aliphatic heterocycles. The minimum atomic E-state index is -0.560. The fourth-order valence-electron chi connectivity index (χ4n) is 0.771. The molecular weight excluding hydrogens is 190 g/mol. The molecule has 0 radical (unpaired) electrons. The molecule has 1 unspecified atom stereocenters. The Hall–Kier alpha value is -0.900. The lowest BCUT2D eigenvalue weighted by Crippen LogP contribution is -2.23. The number of hydrogen-bond acceptors (Lipinski definition) is 3. The zero-order chi connectivity index (χ0) is 12.1. The van der Waals surface area contributed by atoms with Crippen LogP contribution in [0.25, 0.3) is 0 Å². The Morgan fingerprint density at radius 1 is 1.07 bits per heavy atom. The zero-order valence-corrected chi connectivity index (χ0v) is 9.60. The predicted octanol–water partition coefficient (Wildman–Crippen LogP) is 1.21. The van der Waals surface area contributed by atoms with Gasteiger partial charge in [-0.05, 0) is 6.92 Å². The van der Waals surface area contributed by atoms with Crippen LogP contribution in [0.4, 0.5) is 0 Å². The molecule has 1 atom stereocenters. The molecule has 15 heavy (non-hydrogen) atoms. The maximum atomic E-state index is 8.11. The molecule has 3 nitrogen and oxygen atoms in total. The molecule has 88 valence electrons. The van der Waals surface area contributed by atoms with E-state index in [2.05, 4.69) is 24.6 Å². The van der Waals surface area contributed by atoms with E-state index in [0.29, 0.717) is 0 Å². The predicted molar refractivity (Wildman–Crippen MR) is 65.8 cm³/mol. The minimum absolute atomic E-state index is 0.139. The van der Waals surface area contributed by atoms with E-state index < -0.39 is 6.10 Å². The Kier molecular flexibility index (Phi) is 14.4. The maximum absolute atomic E-state index is 8.11. The van der Waals surface area contributed by atoms with Crippen LogP contribution >= 0.6 is 0 Å². The molecule has 0 saturated carbocycles. The smallest absolute Gasteiger partial charge is 0.0742 e. The number of nitrogens with zero attached hydrogens (tertiary/aromatic N) is 1. The molecule has 0 fully saturated rings. The van der Waals surface area contributed by atoms with E-state index in [9.17, 15) is 0 Å². The molecule has 0 heterocycles.